The second kappa shape index (κ2) is 9.05. The molecule has 0 spiro atoms. The molecule has 4 aliphatic rings. The van der Waals surface area contributed by atoms with E-state index in [1.807, 2.05) is 0 Å². The molecule has 198 valence electrons. The SMILES string of the molecule is Cc1c(C)c(CC2C(Cl)C3(Cl)CC2(Cl)C(Cl)=C3Cl)c(C)c(C)c1CC1C(Cl)C2(Cl)CC1(Cl)C(Cl)=C2Cl. The van der Waals surface area contributed by atoms with Gasteiger partial charge in [0.15, 0.2) is 0 Å². The summed E-state index contributed by atoms with van der Waals surface area (Å²) in [6, 6.07) is 0. The van der Waals surface area contributed by atoms with Gasteiger partial charge in [-0.05, 0) is 86.8 Å². The third-order valence-electron chi connectivity index (χ3n) is 9.41. The third-order valence-corrected chi connectivity index (χ3v) is 16.0. The van der Waals surface area contributed by atoms with Gasteiger partial charge < -0.3 is 0 Å². The molecule has 10 heteroatoms. The number of alkyl halides is 6. The van der Waals surface area contributed by atoms with Gasteiger partial charge in [-0.25, -0.2) is 0 Å². The average Bonchev–Trinajstić information content (AvgIpc) is 3.30. The Bertz CT molecular complexity index is 1130. The molecule has 0 heterocycles. The van der Waals surface area contributed by atoms with Gasteiger partial charge in [0.1, 0.15) is 0 Å². The van der Waals surface area contributed by atoms with Crippen LogP contribution in [0, 0.1) is 39.5 Å². The van der Waals surface area contributed by atoms with Crippen molar-refractivity contribution in [3.63, 3.8) is 0 Å². The minimum atomic E-state index is -0.935. The van der Waals surface area contributed by atoms with Crippen LogP contribution in [0.2, 0.25) is 0 Å². The van der Waals surface area contributed by atoms with E-state index in [2.05, 4.69) is 27.7 Å². The molecule has 1 aromatic rings. The van der Waals surface area contributed by atoms with Crippen LogP contribution in [0.3, 0.4) is 0 Å². The van der Waals surface area contributed by atoms with E-state index in [1.54, 1.807) is 0 Å². The van der Waals surface area contributed by atoms with E-state index >= 15 is 0 Å². The first kappa shape index (κ1) is 29.1. The first-order chi connectivity index (χ1) is 16.5. The van der Waals surface area contributed by atoms with Crippen molar-refractivity contribution >= 4 is 116 Å². The van der Waals surface area contributed by atoms with Crippen molar-refractivity contribution in [2.24, 2.45) is 11.8 Å². The Labute approximate surface area is 262 Å². The van der Waals surface area contributed by atoms with Crippen LogP contribution in [0.1, 0.15) is 46.2 Å². The molecule has 5 rings (SSSR count). The summed E-state index contributed by atoms with van der Waals surface area (Å²) in [6.07, 6.45) is 2.12. The van der Waals surface area contributed by atoms with Crippen molar-refractivity contribution in [2.75, 3.05) is 0 Å². The van der Waals surface area contributed by atoms with Crippen LogP contribution in [0.25, 0.3) is 0 Å². The highest BCUT2D eigenvalue weighted by Crippen LogP contribution is 2.69. The van der Waals surface area contributed by atoms with Crippen molar-refractivity contribution in [2.45, 2.75) is 83.6 Å². The Kier molecular flexibility index (Phi) is 7.32. The van der Waals surface area contributed by atoms with Gasteiger partial charge in [0.25, 0.3) is 0 Å². The molecule has 8 unspecified atom stereocenters. The molecule has 36 heavy (non-hydrogen) atoms. The maximum Gasteiger partial charge on any atom is 0.0999 e. The van der Waals surface area contributed by atoms with E-state index < -0.39 is 30.3 Å². The van der Waals surface area contributed by atoms with E-state index in [-0.39, 0.29) is 11.8 Å². The second-order valence-corrected chi connectivity index (χ2v) is 16.1. The first-order valence-corrected chi connectivity index (χ1v) is 15.6. The molecule has 8 atom stereocenters. The van der Waals surface area contributed by atoms with Crippen LogP contribution in [-0.4, -0.2) is 30.3 Å². The molecule has 0 N–H and O–H groups in total. The molecule has 0 radical (unpaired) electrons. The minimum Gasteiger partial charge on any atom is -0.120 e. The fourth-order valence-corrected chi connectivity index (χ4v) is 11.9. The lowest BCUT2D eigenvalue weighted by Gasteiger charge is -2.37. The van der Waals surface area contributed by atoms with Crippen molar-refractivity contribution < 1.29 is 0 Å². The van der Waals surface area contributed by atoms with Crippen molar-refractivity contribution in [1.82, 2.24) is 0 Å². The molecular weight excluding hydrogens is 667 g/mol. The van der Waals surface area contributed by atoms with E-state index in [0.29, 0.717) is 45.8 Å². The Hall–Kier alpha value is 1.60. The van der Waals surface area contributed by atoms with Crippen molar-refractivity contribution in [1.29, 1.82) is 0 Å². The predicted molar refractivity (Wildman–Crippen MR) is 160 cm³/mol. The Morgan fingerprint density at radius 3 is 1.03 bits per heavy atom. The smallest absolute Gasteiger partial charge is 0.0999 e. The van der Waals surface area contributed by atoms with Gasteiger partial charge in [0, 0.05) is 11.8 Å². The topological polar surface area (TPSA) is 0 Å². The number of benzene rings is 1. The number of hydrogen-bond acceptors (Lipinski definition) is 0. The number of rotatable bonds is 4. The Balaban J connectivity index is 1.51. The summed E-state index contributed by atoms with van der Waals surface area (Å²) in [4.78, 5) is -3.61. The molecule has 0 saturated heterocycles. The summed E-state index contributed by atoms with van der Waals surface area (Å²) >= 11 is 67.6. The third kappa shape index (κ3) is 3.55. The van der Waals surface area contributed by atoms with Crippen LogP contribution < -0.4 is 0 Å². The highest BCUT2D eigenvalue weighted by Gasteiger charge is 2.69. The highest BCUT2D eigenvalue weighted by molar-refractivity contribution is 6.54. The zero-order chi connectivity index (χ0) is 26.9. The van der Waals surface area contributed by atoms with Gasteiger partial charge in [-0.3, -0.25) is 0 Å². The first-order valence-electron chi connectivity index (χ1n) is 11.7. The highest BCUT2D eigenvalue weighted by atomic mass is 35.5. The lowest BCUT2D eigenvalue weighted by Crippen LogP contribution is -2.39. The Morgan fingerprint density at radius 1 is 0.528 bits per heavy atom. The normalized spacial score (nSPS) is 43.5. The monoisotopic (exact) mass is 686 g/mol. The molecule has 0 aliphatic heterocycles. The molecular formula is C26H24Cl10. The minimum absolute atomic E-state index is 0.165. The van der Waals surface area contributed by atoms with Gasteiger partial charge in [-0.15, -0.1) is 69.6 Å². The van der Waals surface area contributed by atoms with E-state index in [0.717, 1.165) is 0 Å². The molecule has 0 nitrogen and oxygen atoms in total. The summed E-state index contributed by atoms with van der Waals surface area (Å²) in [5.74, 6) is -0.331. The summed E-state index contributed by atoms with van der Waals surface area (Å²) < 4.78 is 0. The molecule has 2 saturated carbocycles. The maximum atomic E-state index is 7.06. The second-order valence-electron chi connectivity index (χ2n) is 10.9. The molecule has 0 aromatic heterocycles. The number of halogens is 10. The summed E-state index contributed by atoms with van der Waals surface area (Å²) in [5.41, 5.74) is 7.09. The van der Waals surface area contributed by atoms with Gasteiger partial charge in [0.05, 0.1) is 50.4 Å². The van der Waals surface area contributed by atoms with Crippen LogP contribution in [0.15, 0.2) is 20.1 Å². The van der Waals surface area contributed by atoms with E-state index in [1.165, 1.54) is 33.4 Å². The van der Waals surface area contributed by atoms with Crippen LogP contribution in [0.4, 0.5) is 0 Å². The molecule has 4 aliphatic carbocycles. The number of fused-ring (bicyclic) bond motifs is 4. The number of allylic oxidation sites excluding steroid dienone is 4. The fourth-order valence-electron chi connectivity index (χ4n) is 6.97. The predicted octanol–water partition coefficient (Wildman–Crippen LogP) is 10.6. The van der Waals surface area contributed by atoms with E-state index in [4.69, 9.17) is 116 Å². The van der Waals surface area contributed by atoms with Gasteiger partial charge in [0.2, 0.25) is 0 Å². The molecule has 0 amide bonds. The van der Waals surface area contributed by atoms with Gasteiger partial charge in [-0.1, -0.05) is 46.4 Å². The zero-order valence-corrected chi connectivity index (χ0v) is 27.5. The lowest BCUT2D eigenvalue weighted by atomic mass is 9.77. The van der Waals surface area contributed by atoms with Gasteiger partial charge in [-0.2, -0.15) is 0 Å². The summed E-state index contributed by atoms with van der Waals surface area (Å²) in [6.45, 7) is 8.50. The van der Waals surface area contributed by atoms with Crippen molar-refractivity contribution in [3.05, 3.63) is 53.5 Å². The quantitative estimate of drug-likeness (QED) is 0.276. The fraction of sp³-hybridized carbons (Fsp3) is 0.615. The van der Waals surface area contributed by atoms with Crippen molar-refractivity contribution in [3.8, 4) is 0 Å². The molecule has 2 fully saturated rings. The zero-order valence-electron chi connectivity index (χ0n) is 19.9. The largest absolute Gasteiger partial charge is 0.120 e. The molecule has 1 aromatic carbocycles. The standard InChI is InChI=1S/C26H24Cl10/c1-9-10(2)14(6-16-18(28)26(36)8-24(16,34)20(30)22(26)32)12(4)11(3)13(9)5-15-17(27)25(35)7-23(15,33)19(29)21(25)31/h15-18H,5-8H2,1-4H3. The van der Waals surface area contributed by atoms with Gasteiger partial charge >= 0.3 is 0 Å². The maximum absolute atomic E-state index is 7.06. The van der Waals surface area contributed by atoms with E-state index in [9.17, 15) is 0 Å². The lowest BCUT2D eigenvalue weighted by molar-refractivity contribution is 0.465. The van der Waals surface area contributed by atoms with Crippen LogP contribution >= 0.6 is 116 Å². The average molecular weight is 691 g/mol. The van der Waals surface area contributed by atoms with Crippen LogP contribution in [0.5, 0.6) is 0 Å². The number of hydrogen-bond donors (Lipinski definition) is 0. The molecule has 4 bridgehead atoms. The Morgan fingerprint density at radius 2 is 0.778 bits per heavy atom. The summed E-state index contributed by atoms with van der Waals surface area (Å²) in [5, 5.41) is 0.694. The summed E-state index contributed by atoms with van der Waals surface area (Å²) in [7, 11) is 0. The van der Waals surface area contributed by atoms with Crippen LogP contribution in [-0.2, 0) is 12.8 Å².